The molecule has 3 N–H and O–H groups in total. The van der Waals surface area contributed by atoms with Gasteiger partial charge >= 0.3 is 5.97 Å². The van der Waals surface area contributed by atoms with E-state index in [2.05, 4.69) is 35.8 Å². The number of rotatable bonds is 8. The molecular weight excluding hydrogens is 475 g/mol. The molecule has 0 fully saturated rings. The Morgan fingerprint density at radius 3 is 2.67 bits per heavy atom. The fourth-order valence-corrected chi connectivity index (χ4v) is 3.02. The van der Waals surface area contributed by atoms with E-state index in [-0.39, 0.29) is 34.4 Å². The van der Waals surface area contributed by atoms with Gasteiger partial charge in [-0.15, -0.1) is 5.10 Å². The highest BCUT2D eigenvalue weighted by Crippen LogP contribution is 2.29. The summed E-state index contributed by atoms with van der Waals surface area (Å²) in [6, 6.07) is 9.65. The zero-order valence-corrected chi connectivity index (χ0v) is 19.0. The first-order valence-electron chi connectivity index (χ1n) is 10.5. The second-order valence-electron chi connectivity index (χ2n) is 7.14. The highest BCUT2D eigenvalue weighted by atomic mass is 19.1. The maximum Gasteiger partial charge on any atom is 0.343 e. The molecule has 0 aliphatic rings. The number of carbonyl (C=O) groups is 2. The number of carbonyl (C=O) groups excluding carboxylic acids is 2. The first-order valence-corrected chi connectivity index (χ1v) is 10.5. The molecule has 2 aromatic heterocycles. The molecule has 2 heterocycles. The second-order valence-corrected chi connectivity index (χ2v) is 7.14. The number of aryl methyl sites for hydroxylation is 1. The highest BCUT2D eigenvalue weighted by Gasteiger charge is 2.22. The first-order chi connectivity index (χ1) is 17.4. The van der Waals surface area contributed by atoms with E-state index in [0.29, 0.717) is 17.9 Å². The fourth-order valence-electron chi connectivity index (χ4n) is 3.02. The number of halogens is 1. The first kappa shape index (κ1) is 24.0. The van der Waals surface area contributed by atoms with E-state index in [1.807, 2.05) is 0 Å². The van der Waals surface area contributed by atoms with Crippen LogP contribution < -0.4 is 20.6 Å². The monoisotopic (exact) mass is 494 g/mol. The minimum absolute atomic E-state index is 0.0110. The van der Waals surface area contributed by atoms with Gasteiger partial charge in [0.1, 0.15) is 5.82 Å². The van der Waals surface area contributed by atoms with Gasteiger partial charge in [-0.1, -0.05) is 5.21 Å². The third-order valence-electron chi connectivity index (χ3n) is 4.68. The lowest BCUT2D eigenvalue weighted by Crippen LogP contribution is -2.22. The van der Waals surface area contributed by atoms with E-state index in [0.717, 1.165) is 16.8 Å². The van der Waals surface area contributed by atoms with Crippen molar-refractivity contribution in [2.75, 3.05) is 12.3 Å². The molecule has 2 aromatic carbocycles. The quantitative estimate of drug-likeness (QED) is 0.160. The molecule has 0 radical (unpaired) electrons. The number of esters is 1. The van der Waals surface area contributed by atoms with Gasteiger partial charge in [-0.2, -0.15) is 9.78 Å². The van der Waals surface area contributed by atoms with Gasteiger partial charge < -0.3 is 15.2 Å². The summed E-state index contributed by atoms with van der Waals surface area (Å²) in [7, 11) is 0. The van der Waals surface area contributed by atoms with Crippen molar-refractivity contribution in [2.45, 2.75) is 13.8 Å². The lowest BCUT2D eigenvalue weighted by Gasteiger charge is -2.11. The van der Waals surface area contributed by atoms with Crippen LogP contribution in [0.5, 0.6) is 11.5 Å². The van der Waals surface area contributed by atoms with Crippen LogP contribution in [0, 0.1) is 12.7 Å². The summed E-state index contributed by atoms with van der Waals surface area (Å²) >= 11 is 0. The summed E-state index contributed by atoms with van der Waals surface area (Å²) < 4.78 is 29.7. The van der Waals surface area contributed by atoms with E-state index in [9.17, 15) is 14.0 Å². The molecule has 1 amide bonds. The Bertz CT molecular complexity index is 1430. The van der Waals surface area contributed by atoms with Crippen molar-refractivity contribution in [3.8, 4) is 17.3 Å². The number of nitrogens with two attached hydrogens (primary N) is 1. The van der Waals surface area contributed by atoms with Gasteiger partial charge in [0.15, 0.2) is 17.2 Å². The van der Waals surface area contributed by atoms with Crippen LogP contribution in [0.3, 0.4) is 0 Å². The summed E-state index contributed by atoms with van der Waals surface area (Å²) in [6.07, 6.45) is 1.36. The average Bonchev–Trinajstić information content (AvgIpc) is 3.45. The molecule has 0 bridgehead atoms. The molecule has 4 aromatic rings. The summed E-state index contributed by atoms with van der Waals surface area (Å²) in [6.45, 7) is 3.64. The maximum atomic E-state index is 13.1. The number of hydrogen-bond acceptors (Lipinski definition) is 11. The molecule has 0 unspecified atom stereocenters. The van der Waals surface area contributed by atoms with Crippen molar-refractivity contribution in [1.29, 1.82) is 0 Å². The normalized spacial score (nSPS) is 11.0. The molecule has 4 rings (SSSR count). The minimum Gasteiger partial charge on any atom is -0.490 e. The molecule has 0 spiro atoms. The molecule has 14 heteroatoms. The van der Waals surface area contributed by atoms with E-state index in [1.165, 1.54) is 24.4 Å². The Balaban J connectivity index is 1.48. The predicted octanol–water partition coefficient (Wildman–Crippen LogP) is 2.06. The number of nitrogen functional groups attached to an aromatic ring is 1. The topological polar surface area (TPSA) is 173 Å². The Kier molecular flexibility index (Phi) is 6.95. The SMILES string of the molecule is CCOc1cc(/C=N\NC(=O)c2c(C)nnn2-c2nonc2N)ccc1OC(=O)c1ccc(F)cc1. The van der Waals surface area contributed by atoms with Crippen molar-refractivity contribution in [1.82, 2.24) is 30.7 Å². The van der Waals surface area contributed by atoms with Gasteiger partial charge in [0.05, 0.1) is 24.1 Å². The number of hydrazone groups is 1. The van der Waals surface area contributed by atoms with Gasteiger partial charge in [-0.3, -0.25) is 4.79 Å². The number of amides is 1. The number of anilines is 1. The molecule has 0 saturated carbocycles. The molecule has 184 valence electrons. The van der Waals surface area contributed by atoms with Crippen LogP contribution >= 0.6 is 0 Å². The average molecular weight is 494 g/mol. The maximum absolute atomic E-state index is 13.1. The summed E-state index contributed by atoms with van der Waals surface area (Å²) in [5, 5.41) is 18.7. The highest BCUT2D eigenvalue weighted by molar-refractivity contribution is 5.95. The lowest BCUT2D eigenvalue weighted by atomic mass is 10.2. The van der Waals surface area contributed by atoms with Gasteiger partial charge in [-0.25, -0.2) is 19.2 Å². The number of aromatic nitrogens is 5. The molecule has 0 atom stereocenters. The molecule has 0 saturated heterocycles. The predicted molar refractivity (Wildman–Crippen MR) is 122 cm³/mol. The Hall–Kier alpha value is -5.14. The minimum atomic E-state index is -0.673. The Morgan fingerprint density at radius 2 is 1.97 bits per heavy atom. The molecule has 0 aliphatic carbocycles. The van der Waals surface area contributed by atoms with Gasteiger partial charge in [0.2, 0.25) is 11.6 Å². The number of hydrogen-bond donors (Lipinski definition) is 2. The van der Waals surface area contributed by atoms with E-state index in [1.54, 1.807) is 26.0 Å². The zero-order chi connectivity index (χ0) is 25.7. The third-order valence-corrected chi connectivity index (χ3v) is 4.68. The number of nitrogens with zero attached hydrogens (tertiary/aromatic N) is 6. The standard InChI is InChI=1S/C22H19FN8O5/c1-3-34-17-10-13(4-9-16(17)35-22(33)14-5-7-15(23)8-6-14)11-25-27-21(32)18-12(2)26-30-31(18)20-19(24)28-36-29-20/h4-11H,3H2,1-2H3,(H2,24,28)(H,27,32)/b25-11-. The van der Waals surface area contributed by atoms with Crippen LogP contribution in [-0.4, -0.2) is 50.0 Å². The third kappa shape index (κ3) is 5.16. The molecule has 0 aliphatic heterocycles. The molecular formula is C22H19FN8O5. The van der Waals surface area contributed by atoms with Gasteiger partial charge in [0.25, 0.3) is 5.91 Å². The van der Waals surface area contributed by atoms with Crippen LogP contribution in [-0.2, 0) is 0 Å². The fraction of sp³-hybridized carbons (Fsp3) is 0.136. The van der Waals surface area contributed by atoms with E-state index in [4.69, 9.17) is 15.2 Å². The number of ether oxygens (including phenoxy) is 2. The van der Waals surface area contributed by atoms with Crippen LogP contribution in [0.1, 0.15) is 39.0 Å². The van der Waals surface area contributed by atoms with Crippen LogP contribution in [0.15, 0.2) is 52.2 Å². The van der Waals surface area contributed by atoms with Crippen molar-refractivity contribution in [2.24, 2.45) is 5.10 Å². The zero-order valence-electron chi connectivity index (χ0n) is 19.0. The largest absolute Gasteiger partial charge is 0.490 e. The number of benzene rings is 2. The molecule has 36 heavy (non-hydrogen) atoms. The van der Waals surface area contributed by atoms with Gasteiger partial charge in [-0.05, 0) is 72.2 Å². The van der Waals surface area contributed by atoms with Crippen molar-refractivity contribution < 1.29 is 28.1 Å². The second kappa shape index (κ2) is 10.4. The summed E-state index contributed by atoms with van der Waals surface area (Å²) in [5.74, 6) is -1.39. The van der Waals surface area contributed by atoms with Crippen molar-refractivity contribution in [3.63, 3.8) is 0 Å². The summed E-state index contributed by atoms with van der Waals surface area (Å²) in [4.78, 5) is 25.1. The van der Waals surface area contributed by atoms with Crippen molar-refractivity contribution in [3.05, 3.63) is 70.8 Å². The van der Waals surface area contributed by atoms with Crippen LogP contribution in [0.25, 0.3) is 5.82 Å². The lowest BCUT2D eigenvalue weighted by molar-refractivity contribution is 0.0728. The smallest absolute Gasteiger partial charge is 0.343 e. The Morgan fingerprint density at radius 1 is 1.19 bits per heavy atom. The van der Waals surface area contributed by atoms with Crippen LogP contribution in [0.2, 0.25) is 0 Å². The molecule has 13 nitrogen and oxygen atoms in total. The Labute approximate surface area is 202 Å². The number of nitrogens with one attached hydrogen (secondary N) is 1. The van der Waals surface area contributed by atoms with Crippen molar-refractivity contribution >= 4 is 23.9 Å². The van der Waals surface area contributed by atoms with E-state index >= 15 is 0 Å². The van der Waals surface area contributed by atoms with Gasteiger partial charge in [0, 0.05) is 0 Å². The van der Waals surface area contributed by atoms with E-state index < -0.39 is 17.7 Å². The van der Waals surface area contributed by atoms with Crippen LogP contribution in [0.4, 0.5) is 10.2 Å². The summed E-state index contributed by atoms with van der Waals surface area (Å²) in [5.41, 5.74) is 9.10.